The minimum atomic E-state index is -0.0751. The Bertz CT molecular complexity index is 336. The lowest BCUT2D eigenvalue weighted by atomic mass is 9.99. The van der Waals surface area contributed by atoms with Gasteiger partial charge in [-0.1, -0.05) is 0 Å². The van der Waals surface area contributed by atoms with Crippen molar-refractivity contribution in [3.05, 3.63) is 0 Å². The van der Waals surface area contributed by atoms with Crippen LogP contribution in [-0.4, -0.2) is 53.3 Å². The molecule has 1 atom stereocenters. The number of nitrogens with zero attached hydrogens (tertiary/aromatic N) is 2. The van der Waals surface area contributed by atoms with Gasteiger partial charge >= 0.3 is 0 Å². The fourth-order valence-electron chi connectivity index (χ4n) is 3.04. The predicted molar refractivity (Wildman–Crippen MR) is 73.4 cm³/mol. The van der Waals surface area contributed by atoms with Crippen LogP contribution in [0, 0.1) is 0 Å². The van der Waals surface area contributed by atoms with Gasteiger partial charge in [0.05, 0.1) is 0 Å². The lowest BCUT2D eigenvalue weighted by Crippen LogP contribution is -2.50. The van der Waals surface area contributed by atoms with Crippen LogP contribution in [0.1, 0.15) is 45.4 Å². The zero-order chi connectivity index (χ0) is 13.8. The molecule has 0 aromatic heterocycles. The van der Waals surface area contributed by atoms with Crippen LogP contribution in [0.25, 0.3) is 0 Å². The molecule has 0 aromatic rings. The summed E-state index contributed by atoms with van der Waals surface area (Å²) in [4.78, 5) is 27.7. The van der Waals surface area contributed by atoms with Crippen LogP contribution in [0.3, 0.4) is 0 Å². The molecule has 2 amide bonds. The molecule has 0 aromatic carbocycles. The third-order valence-corrected chi connectivity index (χ3v) is 4.11. The SMILES string of the molecule is CC(N)CC(=O)N1CCC(N2CCCCC2=O)CC1. The number of hydrogen-bond acceptors (Lipinski definition) is 3. The molecule has 0 spiro atoms. The normalized spacial score (nSPS) is 23.6. The van der Waals surface area contributed by atoms with E-state index in [0.717, 1.165) is 45.3 Å². The predicted octanol–water partition coefficient (Wildman–Crippen LogP) is 0.727. The van der Waals surface area contributed by atoms with Crippen molar-refractivity contribution in [2.75, 3.05) is 19.6 Å². The average molecular weight is 267 g/mol. The first-order valence-corrected chi connectivity index (χ1v) is 7.40. The Kier molecular flexibility index (Phi) is 4.80. The number of hydrogen-bond donors (Lipinski definition) is 1. The molecule has 0 bridgehead atoms. The monoisotopic (exact) mass is 267 g/mol. The summed E-state index contributed by atoms with van der Waals surface area (Å²) in [5, 5.41) is 0. The van der Waals surface area contributed by atoms with Crippen LogP contribution in [0.5, 0.6) is 0 Å². The first kappa shape index (κ1) is 14.3. The molecule has 19 heavy (non-hydrogen) atoms. The molecular formula is C14H25N3O2. The minimum Gasteiger partial charge on any atom is -0.342 e. The number of rotatable bonds is 3. The number of carbonyl (C=O) groups excluding carboxylic acids is 2. The van der Waals surface area contributed by atoms with E-state index >= 15 is 0 Å². The number of piperidine rings is 2. The van der Waals surface area contributed by atoms with Crippen LogP contribution in [-0.2, 0) is 9.59 Å². The minimum absolute atomic E-state index is 0.0751. The second kappa shape index (κ2) is 6.37. The molecule has 2 saturated heterocycles. The van der Waals surface area contributed by atoms with Crippen molar-refractivity contribution in [2.45, 2.75) is 57.5 Å². The Morgan fingerprint density at radius 1 is 1.32 bits per heavy atom. The van der Waals surface area contributed by atoms with Gasteiger partial charge in [-0.2, -0.15) is 0 Å². The highest BCUT2D eigenvalue weighted by atomic mass is 16.2. The molecular weight excluding hydrogens is 242 g/mol. The number of likely N-dealkylation sites (tertiary alicyclic amines) is 2. The molecule has 5 heteroatoms. The summed E-state index contributed by atoms with van der Waals surface area (Å²) in [6.07, 6.45) is 5.10. The lowest BCUT2D eigenvalue weighted by molar-refractivity contribution is -0.138. The third-order valence-electron chi connectivity index (χ3n) is 4.11. The molecule has 5 nitrogen and oxygen atoms in total. The van der Waals surface area contributed by atoms with Crippen molar-refractivity contribution in [1.29, 1.82) is 0 Å². The summed E-state index contributed by atoms with van der Waals surface area (Å²) in [5.74, 6) is 0.449. The van der Waals surface area contributed by atoms with E-state index < -0.39 is 0 Å². The largest absolute Gasteiger partial charge is 0.342 e. The topological polar surface area (TPSA) is 66.6 Å². The van der Waals surface area contributed by atoms with E-state index in [2.05, 4.69) is 0 Å². The van der Waals surface area contributed by atoms with Gasteiger partial charge in [-0.15, -0.1) is 0 Å². The van der Waals surface area contributed by atoms with Gasteiger partial charge in [0.2, 0.25) is 11.8 Å². The van der Waals surface area contributed by atoms with Crippen molar-refractivity contribution >= 4 is 11.8 Å². The van der Waals surface area contributed by atoms with Crippen molar-refractivity contribution in [3.8, 4) is 0 Å². The maximum absolute atomic E-state index is 11.9. The van der Waals surface area contributed by atoms with Gasteiger partial charge in [0.1, 0.15) is 0 Å². The summed E-state index contributed by atoms with van der Waals surface area (Å²) in [6.45, 7) is 4.29. The summed E-state index contributed by atoms with van der Waals surface area (Å²) in [6, 6.07) is 0.265. The zero-order valence-electron chi connectivity index (χ0n) is 11.8. The number of amides is 2. The maximum Gasteiger partial charge on any atom is 0.224 e. The summed E-state index contributed by atoms with van der Waals surface area (Å²) in [5.41, 5.74) is 5.66. The van der Waals surface area contributed by atoms with E-state index in [1.807, 2.05) is 16.7 Å². The number of carbonyl (C=O) groups is 2. The van der Waals surface area contributed by atoms with Crippen LogP contribution < -0.4 is 5.73 Å². The van der Waals surface area contributed by atoms with Gasteiger partial charge in [-0.05, 0) is 32.6 Å². The Hall–Kier alpha value is -1.10. The van der Waals surface area contributed by atoms with E-state index in [1.165, 1.54) is 0 Å². The molecule has 2 heterocycles. The van der Waals surface area contributed by atoms with Crippen LogP contribution in [0.2, 0.25) is 0 Å². The van der Waals surface area contributed by atoms with Gasteiger partial charge in [-0.25, -0.2) is 0 Å². The molecule has 2 rings (SSSR count). The second-order valence-corrected chi connectivity index (χ2v) is 5.84. The smallest absolute Gasteiger partial charge is 0.224 e. The van der Waals surface area contributed by atoms with Crippen LogP contribution in [0.15, 0.2) is 0 Å². The van der Waals surface area contributed by atoms with Crippen LogP contribution >= 0.6 is 0 Å². The van der Waals surface area contributed by atoms with E-state index in [-0.39, 0.29) is 11.9 Å². The van der Waals surface area contributed by atoms with Crippen molar-refractivity contribution in [3.63, 3.8) is 0 Å². The summed E-state index contributed by atoms with van der Waals surface area (Å²) < 4.78 is 0. The molecule has 2 aliphatic heterocycles. The maximum atomic E-state index is 11.9. The Morgan fingerprint density at radius 2 is 2.00 bits per heavy atom. The molecule has 2 N–H and O–H groups in total. The lowest BCUT2D eigenvalue weighted by Gasteiger charge is -2.40. The highest BCUT2D eigenvalue weighted by Crippen LogP contribution is 2.22. The van der Waals surface area contributed by atoms with Crippen molar-refractivity contribution < 1.29 is 9.59 Å². The molecule has 1 unspecified atom stereocenters. The molecule has 2 fully saturated rings. The Morgan fingerprint density at radius 3 is 2.58 bits per heavy atom. The zero-order valence-corrected chi connectivity index (χ0v) is 11.8. The summed E-state index contributed by atoms with van der Waals surface area (Å²) in [7, 11) is 0. The fourth-order valence-corrected chi connectivity index (χ4v) is 3.04. The van der Waals surface area contributed by atoms with Crippen molar-refractivity contribution in [2.24, 2.45) is 5.73 Å². The molecule has 0 radical (unpaired) electrons. The standard InChI is InChI=1S/C14H25N3O2/c1-11(15)10-14(19)16-8-5-12(6-9-16)17-7-3-2-4-13(17)18/h11-12H,2-10,15H2,1H3. The first-order valence-electron chi connectivity index (χ1n) is 7.40. The van der Waals surface area contributed by atoms with Crippen LogP contribution in [0.4, 0.5) is 0 Å². The van der Waals surface area contributed by atoms with E-state index in [0.29, 0.717) is 24.8 Å². The average Bonchev–Trinajstić information content (AvgIpc) is 2.39. The van der Waals surface area contributed by atoms with E-state index in [4.69, 9.17) is 5.73 Å². The Balaban J connectivity index is 1.81. The van der Waals surface area contributed by atoms with E-state index in [1.54, 1.807) is 0 Å². The van der Waals surface area contributed by atoms with Crippen molar-refractivity contribution in [1.82, 2.24) is 9.80 Å². The van der Waals surface area contributed by atoms with Gasteiger partial charge < -0.3 is 15.5 Å². The fraction of sp³-hybridized carbons (Fsp3) is 0.857. The summed E-state index contributed by atoms with van der Waals surface area (Å²) >= 11 is 0. The third kappa shape index (κ3) is 3.69. The molecule has 0 saturated carbocycles. The second-order valence-electron chi connectivity index (χ2n) is 5.84. The van der Waals surface area contributed by atoms with Gasteiger partial charge in [-0.3, -0.25) is 9.59 Å². The van der Waals surface area contributed by atoms with Gasteiger partial charge in [0.15, 0.2) is 0 Å². The van der Waals surface area contributed by atoms with Gasteiger partial charge in [0.25, 0.3) is 0 Å². The first-order chi connectivity index (χ1) is 9.08. The van der Waals surface area contributed by atoms with E-state index in [9.17, 15) is 9.59 Å². The Labute approximate surface area is 115 Å². The highest BCUT2D eigenvalue weighted by molar-refractivity contribution is 5.78. The highest BCUT2D eigenvalue weighted by Gasteiger charge is 2.30. The quantitative estimate of drug-likeness (QED) is 0.819. The molecule has 108 valence electrons. The molecule has 2 aliphatic rings. The molecule has 0 aliphatic carbocycles. The van der Waals surface area contributed by atoms with Gasteiger partial charge in [0, 0.05) is 44.6 Å². The number of nitrogens with two attached hydrogens (primary N) is 1.